The molecule has 0 aromatic heterocycles. The Morgan fingerprint density at radius 3 is 1.92 bits per heavy atom. The smallest absolute Gasteiger partial charge is 0.240 e. The van der Waals surface area contributed by atoms with E-state index in [1.807, 2.05) is 26.8 Å². The second-order valence-corrected chi connectivity index (χ2v) is 4.44. The quantitative estimate of drug-likeness (QED) is 0.644. The molecular weight excluding hydrogens is 152 g/mol. The lowest BCUT2D eigenvalue weighted by Gasteiger charge is -2.25. The fraction of sp³-hybridized carbons (Fsp3) is 0.778. The van der Waals surface area contributed by atoms with Gasteiger partial charge in [-0.25, -0.2) is 0 Å². The van der Waals surface area contributed by atoms with Gasteiger partial charge in [-0.2, -0.15) is 5.26 Å². The van der Waals surface area contributed by atoms with Crippen molar-refractivity contribution in [3.8, 4) is 6.07 Å². The molecule has 0 radical (unpaired) electrons. The van der Waals surface area contributed by atoms with Gasteiger partial charge in [0.1, 0.15) is 5.41 Å². The van der Waals surface area contributed by atoms with E-state index in [-0.39, 0.29) is 11.4 Å². The maximum atomic E-state index is 11.4. The van der Waals surface area contributed by atoms with E-state index < -0.39 is 5.41 Å². The number of carbonyl (C=O) groups is 1. The van der Waals surface area contributed by atoms with Gasteiger partial charge in [-0.15, -0.1) is 0 Å². The number of rotatable bonds is 1. The standard InChI is InChI=1S/C9H16N2O/c1-8(2,3)11-7(12)9(4,5)6-10/h1-5H3,(H,11,12). The number of nitrogens with one attached hydrogen (secondary N) is 1. The SMILES string of the molecule is CC(C)(C)NC(=O)C(C)(C)C#N. The van der Waals surface area contributed by atoms with Gasteiger partial charge in [0.15, 0.2) is 0 Å². The van der Waals surface area contributed by atoms with Crippen LogP contribution in [0.3, 0.4) is 0 Å². The Morgan fingerprint density at radius 2 is 1.67 bits per heavy atom. The van der Waals surface area contributed by atoms with Gasteiger partial charge in [-0.3, -0.25) is 4.79 Å². The summed E-state index contributed by atoms with van der Waals surface area (Å²) in [5, 5.41) is 11.4. The number of hydrogen-bond donors (Lipinski definition) is 1. The summed E-state index contributed by atoms with van der Waals surface area (Å²) < 4.78 is 0. The van der Waals surface area contributed by atoms with Gasteiger partial charge in [0.25, 0.3) is 0 Å². The summed E-state index contributed by atoms with van der Waals surface area (Å²) in [7, 11) is 0. The van der Waals surface area contributed by atoms with E-state index in [1.54, 1.807) is 13.8 Å². The molecule has 0 unspecified atom stereocenters. The maximum Gasteiger partial charge on any atom is 0.240 e. The van der Waals surface area contributed by atoms with Crippen LogP contribution in [0.25, 0.3) is 0 Å². The lowest BCUT2D eigenvalue weighted by atomic mass is 9.93. The molecule has 0 aliphatic heterocycles. The van der Waals surface area contributed by atoms with Crippen molar-refractivity contribution in [1.29, 1.82) is 5.26 Å². The van der Waals surface area contributed by atoms with Crippen molar-refractivity contribution in [3.05, 3.63) is 0 Å². The van der Waals surface area contributed by atoms with Gasteiger partial charge in [0, 0.05) is 5.54 Å². The van der Waals surface area contributed by atoms with E-state index in [0.717, 1.165) is 0 Å². The van der Waals surface area contributed by atoms with E-state index in [1.165, 1.54) is 0 Å². The van der Waals surface area contributed by atoms with E-state index in [2.05, 4.69) is 5.32 Å². The Kier molecular flexibility index (Phi) is 2.87. The van der Waals surface area contributed by atoms with Crippen LogP contribution in [0.5, 0.6) is 0 Å². The fourth-order valence-electron chi connectivity index (χ4n) is 0.548. The molecule has 0 bridgehead atoms. The summed E-state index contributed by atoms with van der Waals surface area (Å²) in [6.07, 6.45) is 0. The van der Waals surface area contributed by atoms with Crippen LogP contribution in [0.2, 0.25) is 0 Å². The monoisotopic (exact) mass is 168 g/mol. The Hall–Kier alpha value is -1.04. The number of amides is 1. The summed E-state index contributed by atoms with van der Waals surface area (Å²) in [6.45, 7) is 8.87. The summed E-state index contributed by atoms with van der Waals surface area (Å²) in [5.74, 6) is -0.225. The number of nitriles is 1. The molecule has 0 aromatic carbocycles. The van der Waals surface area contributed by atoms with Gasteiger partial charge in [0.05, 0.1) is 6.07 Å². The number of carbonyl (C=O) groups excluding carboxylic acids is 1. The third-order valence-corrected chi connectivity index (χ3v) is 1.34. The molecule has 12 heavy (non-hydrogen) atoms. The first kappa shape index (κ1) is 11.0. The average Bonchev–Trinajstić information content (AvgIpc) is 1.84. The van der Waals surface area contributed by atoms with E-state index in [0.29, 0.717) is 0 Å². The fourth-order valence-corrected chi connectivity index (χ4v) is 0.548. The zero-order valence-corrected chi connectivity index (χ0v) is 8.36. The Balaban J connectivity index is 4.37. The lowest BCUT2D eigenvalue weighted by Crippen LogP contribution is -2.46. The third kappa shape index (κ3) is 3.38. The predicted octanol–water partition coefficient (Wildman–Crippen LogP) is 1.45. The number of hydrogen-bond acceptors (Lipinski definition) is 2. The van der Waals surface area contributed by atoms with Crippen molar-refractivity contribution in [2.45, 2.75) is 40.2 Å². The van der Waals surface area contributed by atoms with Crippen molar-refractivity contribution in [2.75, 3.05) is 0 Å². The molecule has 0 aliphatic carbocycles. The van der Waals surface area contributed by atoms with Gasteiger partial charge in [-0.05, 0) is 34.6 Å². The van der Waals surface area contributed by atoms with Crippen LogP contribution in [0, 0.1) is 16.7 Å². The molecule has 3 nitrogen and oxygen atoms in total. The molecule has 1 N–H and O–H groups in total. The first-order valence-electron chi connectivity index (χ1n) is 3.93. The van der Waals surface area contributed by atoms with Gasteiger partial charge < -0.3 is 5.32 Å². The highest BCUT2D eigenvalue weighted by molar-refractivity contribution is 5.84. The lowest BCUT2D eigenvalue weighted by molar-refractivity contribution is -0.128. The minimum atomic E-state index is -0.937. The molecule has 0 rings (SSSR count). The molecule has 0 spiro atoms. The van der Waals surface area contributed by atoms with Crippen LogP contribution in [0.15, 0.2) is 0 Å². The minimum Gasteiger partial charge on any atom is -0.350 e. The Bertz CT molecular complexity index is 218. The average molecular weight is 168 g/mol. The highest BCUT2D eigenvalue weighted by Crippen LogP contribution is 2.14. The van der Waals surface area contributed by atoms with Crippen LogP contribution >= 0.6 is 0 Å². The molecule has 0 saturated carbocycles. The second kappa shape index (κ2) is 3.14. The molecule has 68 valence electrons. The molecule has 1 amide bonds. The molecule has 3 heteroatoms. The van der Waals surface area contributed by atoms with Crippen LogP contribution in [0.4, 0.5) is 0 Å². The van der Waals surface area contributed by atoms with E-state index in [4.69, 9.17) is 5.26 Å². The Morgan fingerprint density at radius 1 is 1.25 bits per heavy atom. The first-order chi connectivity index (χ1) is 5.19. The molecule has 0 saturated heterocycles. The Labute approximate surface area is 73.8 Å². The van der Waals surface area contributed by atoms with Crippen molar-refractivity contribution in [1.82, 2.24) is 5.32 Å². The van der Waals surface area contributed by atoms with E-state index in [9.17, 15) is 4.79 Å². The topological polar surface area (TPSA) is 52.9 Å². The molecule has 0 heterocycles. The van der Waals surface area contributed by atoms with Crippen LogP contribution in [0.1, 0.15) is 34.6 Å². The zero-order chi connectivity index (χ0) is 9.99. The van der Waals surface area contributed by atoms with Crippen molar-refractivity contribution >= 4 is 5.91 Å². The van der Waals surface area contributed by atoms with Crippen LogP contribution in [-0.2, 0) is 4.79 Å². The summed E-state index contributed by atoms with van der Waals surface area (Å²) >= 11 is 0. The van der Waals surface area contributed by atoms with Crippen LogP contribution < -0.4 is 5.32 Å². The van der Waals surface area contributed by atoms with Crippen molar-refractivity contribution in [3.63, 3.8) is 0 Å². The number of nitrogens with zero attached hydrogens (tertiary/aromatic N) is 1. The maximum absolute atomic E-state index is 11.4. The molecular formula is C9H16N2O. The van der Waals surface area contributed by atoms with Gasteiger partial charge in [-0.1, -0.05) is 0 Å². The zero-order valence-electron chi connectivity index (χ0n) is 8.36. The summed E-state index contributed by atoms with van der Waals surface area (Å²) in [5.41, 5.74) is -1.21. The molecule has 0 atom stereocenters. The summed E-state index contributed by atoms with van der Waals surface area (Å²) in [4.78, 5) is 11.4. The van der Waals surface area contributed by atoms with E-state index >= 15 is 0 Å². The highest BCUT2D eigenvalue weighted by atomic mass is 16.2. The predicted molar refractivity (Wildman–Crippen MR) is 47.3 cm³/mol. The minimum absolute atomic E-state index is 0.225. The molecule has 0 aromatic rings. The normalized spacial score (nSPS) is 12.0. The first-order valence-corrected chi connectivity index (χ1v) is 3.93. The van der Waals surface area contributed by atoms with Gasteiger partial charge in [0.2, 0.25) is 5.91 Å². The van der Waals surface area contributed by atoms with Crippen LogP contribution in [-0.4, -0.2) is 11.4 Å². The van der Waals surface area contributed by atoms with Crippen molar-refractivity contribution < 1.29 is 4.79 Å². The second-order valence-electron chi connectivity index (χ2n) is 4.44. The highest BCUT2D eigenvalue weighted by Gasteiger charge is 2.29. The third-order valence-electron chi connectivity index (χ3n) is 1.34. The summed E-state index contributed by atoms with van der Waals surface area (Å²) in [6, 6.07) is 1.95. The molecule has 0 fully saturated rings. The largest absolute Gasteiger partial charge is 0.350 e. The van der Waals surface area contributed by atoms with Crippen molar-refractivity contribution in [2.24, 2.45) is 5.41 Å². The van der Waals surface area contributed by atoms with Gasteiger partial charge >= 0.3 is 0 Å². The molecule has 0 aliphatic rings.